The van der Waals surface area contributed by atoms with E-state index >= 15 is 0 Å². The molecule has 31 heavy (non-hydrogen) atoms. The van der Waals surface area contributed by atoms with Crippen molar-refractivity contribution in [3.63, 3.8) is 0 Å². The SMILES string of the molecule is CN(CCN1CCOCC1)C(=O)Nc1ccc(S(=O)(=O)N(C)Cc2ccccc2)cc1. The zero-order valence-corrected chi connectivity index (χ0v) is 18.8. The van der Waals surface area contributed by atoms with Crippen molar-refractivity contribution in [2.24, 2.45) is 0 Å². The first kappa shape index (κ1) is 23.2. The van der Waals surface area contributed by atoms with E-state index in [-0.39, 0.29) is 17.5 Å². The molecule has 1 aliphatic heterocycles. The van der Waals surface area contributed by atoms with Crippen molar-refractivity contribution in [3.05, 3.63) is 60.2 Å². The Kier molecular flexibility index (Phi) is 8.03. The Morgan fingerprint density at radius 2 is 1.68 bits per heavy atom. The number of hydrogen-bond acceptors (Lipinski definition) is 5. The molecule has 1 aliphatic rings. The average Bonchev–Trinajstić information content (AvgIpc) is 2.79. The van der Waals surface area contributed by atoms with Gasteiger partial charge in [0.2, 0.25) is 10.0 Å². The lowest BCUT2D eigenvalue weighted by molar-refractivity contribution is 0.0359. The van der Waals surface area contributed by atoms with Crippen LogP contribution in [0.2, 0.25) is 0 Å². The topological polar surface area (TPSA) is 82.2 Å². The second kappa shape index (κ2) is 10.7. The lowest BCUT2D eigenvalue weighted by Gasteiger charge is -2.28. The van der Waals surface area contributed by atoms with Gasteiger partial charge in [-0.15, -0.1) is 0 Å². The molecule has 0 radical (unpaired) electrons. The fraction of sp³-hybridized carbons (Fsp3) is 0.409. The standard InChI is InChI=1S/C22H30N4O4S/c1-24(12-13-26-14-16-30-17-15-26)22(27)23-20-8-10-21(11-9-20)31(28,29)25(2)18-19-6-4-3-5-7-19/h3-11H,12-18H2,1-2H3,(H,23,27). The van der Waals surface area contributed by atoms with Crippen LogP contribution in [0, 0.1) is 0 Å². The van der Waals surface area contributed by atoms with E-state index in [0.717, 1.165) is 38.4 Å². The summed E-state index contributed by atoms with van der Waals surface area (Å²) in [5.41, 5.74) is 1.46. The first-order valence-electron chi connectivity index (χ1n) is 10.3. The highest BCUT2D eigenvalue weighted by Gasteiger charge is 2.21. The Morgan fingerprint density at radius 1 is 1.03 bits per heavy atom. The molecule has 0 aromatic heterocycles. The van der Waals surface area contributed by atoms with Gasteiger partial charge in [0.25, 0.3) is 0 Å². The van der Waals surface area contributed by atoms with Crippen LogP contribution < -0.4 is 5.32 Å². The molecule has 1 saturated heterocycles. The summed E-state index contributed by atoms with van der Waals surface area (Å²) in [5.74, 6) is 0. The van der Waals surface area contributed by atoms with Crippen molar-refractivity contribution < 1.29 is 17.9 Å². The fourth-order valence-electron chi connectivity index (χ4n) is 3.25. The molecule has 2 aromatic rings. The molecule has 1 fully saturated rings. The van der Waals surface area contributed by atoms with E-state index in [0.29, 0.717) is 12.2 Å². The van der Waals surface area contributed by atoms with Crippen molar-refractivity contribution in [1.82, 2.24) is 14.1 Å². The van der Waals surface area contributed by atoms with Gasteiger partial charge in [0.15, 0.2) is 0 Å². The van der Waals surface area contributed by atoms with Gasteiger partial charge < -0.3 is 15.0 Å². The number of hydrogen-bond donors (Lipinski definition) is 1. The Labute approximate surface area is 184 Å². The number of anilines is 1. The van der Waals surface area contributed by atoms with E-state index in [1.54, 1.807) is 31.1 Å². The largest absolute Gasteiger partial charge is 0.379 e. The maximum Gasteiger partial charge on any atom is 0.321 e. The number of sulfonamides is 1. The molecule has 0 saturated carbocycles. The predicted molar refractivity (Wildman–Crippen MR) is 120 cm³/mol. The third-order valence-corrected chi connectivity index (χ3v) is 7.08. The molecule has 0 unspecified atom stereocenters. The molecule has 8 nitrogen and oxygen atoms in total. The number of nitrogens with one attached hydrogen (secondary N) is 1. The van der Waals surface area contributed by atoms with Crippen LogP contribution in [0.3, 0.4) is 0 Å². The summed E-state index contributed by atoms with van der Waals surface area (Å²) in [7, 11) is -0.325. The van der Waals surface area contributed by atoms with Crippen molar-refractivity contribution >= 4 is 21.7 Å². The first-order valence-corrected chi connectivity index (χ1v) is 11.7. The smallest absolute Gasteiger partial charge is 0.321 e. The molecule has 1 heterocycles. The van der Waals surface area contributed by atoms with Crippen LogP contribution in [-0.2, 0) is 21.3 Å². The van der Waals surface area contributed by atoms with Gasteiger partial charge in [-0.2, -0.15) is 4.31 Å². The molecule has 0 bridgehead atoms. The molecule has 2 aromatic carbocycles. The lowest BCUT2D eigenvalue weighted by atomic mass is 10.2. The number of urea groups is 1. The summed E-state index contributed by atoms with van der Waals surface area (Å²) in [6.45, 7) is 4.89. The number of likely N-dealkylation sites (N-methyl/N-ethyl adjacent to an activating group) is 1. The molecular weight excluding hydrogens is 416 g/mol. The lowest BCUT2D eigenvalue weighted by Crippen LogP contribution is -2.42. The van der Waals surface area contributed by atoms with E-state index in [4.69, 9.17) is 4.74 Å². The Bertz CT molecular complexity index is 945. The Hall–Kier alpha value is -2.46. The number of carbonyl (C=O) groups is 1. The molecule has 0 atom stereocenters. The van der Waals surface area contributed by atoms with Crippen molar-refractivity contribution in [2.45, 2.75) is 11.4 Å². The molecule has 1 N–H and O–H groups in total. The van der Waals surface area contributed by atoms with Gasteiger partial charge in [-0.1, -0.05) is 30.3 Å². The monoisotopic (exact) mass is 446 g/mol. The van der Waals surface area contributed by atoms with Gasteiger partial charge in [0.05, 0.1) is 18.1 Å². The number of nitrogens with zero attached hydrogens (tertiary/aromatic N) is 3. The van der Waals surface area contributed by atoms with E-state index in [1.807, 2.05) is 30.3 Å². The predicted octanol–water partition coefficient (Wildman–Crippen LogP) is 2.30. The van der Waals surface area contributed by atoms with Crippen molar-refractivity contribution in [2.75, 3.05) is 58.8 Å². The molecular formula is C22H30N4O4S. The third kappa shape index (κ3) is 6.51. The molecule has 9 heteroatoms. The number of ether oxygens (including phenoxy) is 1. The van der Waals surface area contributed by atoms with E-state index < -0.39 is 10.0 Å². The van der Waals surface area contributed by atoms with Crippen molar-refractivity contribution in [1.29, 1.82) is 0 Å². The maximum absolute atomic E-state index is 12.8. The Balaban J connectivity index is 1.54. The molecule has 0 spiro atoms. The highest BCUT2D eigenvalue weighted by atomic mass is 32.2. The summed E-state index contributed by atoms with van der Waals surface area (Å²) in [4.78, 5) is 16.5. The van der Waals surface area contributed by atoms with Gasteiger partial charge in [-0.25, -0.2) is 13.2 Å². The number of amides is 2. The van der Waals surface area contributed by atoms with E-state index in [1.165, 1.54) is 16.4 Å². The molecule has 0 aliphatic carbocycles. The second-order valence-corrected chi connectivity index (χ2v) is 9.62. The minimum absolute atomic E-state index is 0.185. The highest BCUT2D eigenvalue weighted by Crippen LogP contribution is 2.19. The molecule has 2 amide bonds. The van der Waals surface area contributed by atoms with Crippen LogP contribution in [0.5, 0.6) is 0 Å². The molecule has 168 valence electrons. The van der Waals surface area contributed by atoms with Crippen LogP contribution in [0.1, 0.15) is 5.56 Å². The van der Waals surface area contributed by atoms with E-state index in [9.17, 15) is 13.2 Å². The van der Waals surface area contributed by atoms with Gasteiger partial charge in [-0.05, 0) is 29.8 Å². The number of rotatable bonds is 8. The zero-order valence-electron chi connectivity index (χ0n) is 18.0. The highest BCUT2D eigenvalue weighted by molar-refractivity contribution is 7.89. The maximum atomic E-state index is 12.8. The Morgan fingerprint density at radius 3 is 2.32 bits per heavy atom. The second-order valence-electron chi connectivity index (χ2n) is 7.58. The minimum Gasteiger partial charge on any atom is -0.379 e. The third-order valence-electron chi connectivity index (χ3n) is 5.26. The minimum atomic E-state index is -3.63. The summed E-state index contributed by atoms with van der Waals surface area (Å²) in [6.07, 6.45) is 0. The van der Waals surface area contributed by atoms with Gasteiger partial charge in [0, 0.05) is 52.5 Å². The molecule has 3 rings (SSSR count). The number of carbonyl (C=O) groups excluding carboxylic acids is 1. The summed E-state index contributed by atoms with van der Waals surface area (Å²) >= 11 is 0. The zero-order chi connectivity index (χ0) is 22.3. The van der Waals surface area contributed by atoms with Gasteiger partial charge in [-0.3, -0.25) is 4.90 Å². The van der Waals surface area contributed by atoms with E-state index in [2.05, 4.69) is 10.2 Å². The van der Waals surface area contributed by atoms with Crippen molar-refractivity contribution in [3.8, 4) is 0 Å². The first-order chi connectivity index (χ1) is 14.9. The number of benzene rings is 2. The normalized spacial score (nSPS) is 15.1. The van der Waals surface area contributed by atoms with Crippen LogP contribution in [0.4, 0.5) is 10.5 Å². The average molecular weight is 447 g/mol. The quantitative estimate of drug-likeness (QED) is 0.673. The van der Waals surface area contributed by atoms with Crippen LogP contribution >= 0.6 is 0 Å². The number of morpholine rings is 1. The summed E-state index contributed by atoms with van der Waals surface area (Å²) in [6, 6.07) is 15.4. The van der Waals surface area contributed by atoms with Crippen LogP contribution in [0.25, 0.3) is 0 Å². The summed E-state index contributed by atoms with van der Waals surface area (Å²) < 4.78 is 32.3. The fourth-order valence-corrected chi connectivity index (χ4v) is 4.41. The van der Waals surface area contributed by atoms with Crippen LogP contribution in [0.15, 0.2) is 59.5 Å². The van der Waals surface area contributed by atoms with Crippen LogP contribution in [-0.4, -0.2) is 82.0 Å². The van der Waals surface area contributed by atoms with Gasteiger partial charge in [0.1, 0.15) is 0 Å². The summed E-state index contributed by atoms with van der Waals surface area (Å²) in [5, 5.41) is 2.81. The van der Waals surface area contributed by atoms with Gasteiger partial charge >= 0.3 is 6.03 Å².